The Morgan fingerprint density at radius 1 is 1.42 bits per heavy atom. The fourth-order valence-corrected chi connectivity index (χ4v) is 1.58. The van der Waals surface area contributed by atoms with Gasteiger partial charge in [-0.2, -0.15) is 0 Å². The van der Waals surface area contributed by atoms with Gasteiger partial charge in [0.05, 0.1) is 7.11 Å². The minimum absolute atomic E-state index is 0.303. The molecule has 1 rings (SSSR count). The fourth-order valence-electron chi connectivity index (χ4n) is 1.58. The molecule has 0 aliphatic rings. The first-order chi connectivity index (χ1) is 8.84. The number of benzene rings is 1. The summed E-state index contributed by atoms with van der Waals surface area (Å²) in [6, 6.07) is 5.01. The number of hydrogen-bond donors (Lipinski definition) is 2. The van der Waals surface area contributed by atoms with Crippen molar-refractivity contribution in [1.29, 1.82) is 0 Å². The minimum Gasteiger partial charge on any atom is -0.496 e. The minimum atomic E-state index is -1.27. The Labute approximate surface area is 112 Å². The van der Waals surface area contributed by atoms with Crippen LogP contribution in [0.5, 0.6) is 5.75 Å². The maximum Gasteiger partial charge on any atom is 0.329 e. The quantitative estimate of drug-likeness (QED) is 0.853. The van der Waals surface area contributed by atoms with Crippen LogP contribution < -0.4 is 10.1 Å². The van der Waals surface area contributed by atoms with Crippen molar-refractivity contribution in [2.45, 2.75) is 32.7 Å². The summed E-state index contributed by atoms with van der Waals surface area (Å²) < 4.78 is 5.14. The molecule has 5 nitrogen and oxygen atoms in total. The normalized spacial score (nSPS) is 13.5. The van der Waals surface area contributed by atoms with Crippen molar-refractivity contribution in [3.63, 3.8) is 0 Å². The standard InChI is InChI=1S/C14H19NO4/c1-5-14(3,13(17)18)15-12(16)10-7-6-9(2)11(8-10)19-4/h6-8H,5H2,1-4H3,(H,15,16)(H,17,18). The number of carbonyl (C=O) groups is 2. The first kappa shape index (κ1) is 15.0. The lowest BCUT2D eigenvalue weighted by Crippen LogP contribution is -2.51. The van der Waals surface area contributed by atoms with Crippen molar-refractivity contribution in [3.05, 3.63) is 29.3 Å². The third kappa shape index (κ3) is 3.24. The number of nitrogens with one attached hydrogen (secondary N) is 1. The van der Waals surface area contributed by atoms with E-state index in [9.17, 15) is 9.59 Å². The van der Waals surface area contributed by atoms with Crippen LogP contribution >= 0.6 is 0 Å². The highest BCUT2D eigenvalue weighted by Gasteiger charge is 2.33. The van der Waals surface area contributed by atoms with Gasteiger partial charge in [0.1, 0.15) is 11.3 Å². The van der Waals surface area contributed by atoms with Crippen LogP contribution in [0.25, 0.3) is 0 Å². The first-order valence-electron chi connectivity index (χ1n) is 6.04. The fraction of sp³-hybridized carbons (Fsp3) is 0.429. The SMILES string of the molecule is CCC(C)(NC(=O)c1ccc(C)c(OC)c1)C(=O)O. The maximum atomic E-state index is 12.1. The Balaban J connectivity index is 2.98. The molecule has 5 heteroatoms. The van der Waals surface area contributed by atoms with Crippen LogP contribution in [0.4, 0.5) is 0 Å². The molecule has 19 heavy (non-hydrogen) atoms. The van der Waals surface area contributed by atoms with Crippen molar-refractivity contribution in [1.82, 2.24) is 5.32 Å². The zero-order valence-electron chi connectivity index (χ0n) is 11.6. The number of aliphatic carboxylic acids is 1. The summed E-state index contributed by atoms with van der Waals surface area (Å²) in [5, 5.41) is 11.7. The van der Waals surface area contributed by atoms with Crippen molar-refractivity contribution < 1.29 is 19.4 Å². The lowest BCUT2D eigenvalue weighted by atomic mass is 9.98. The molecule has 0 bridgehead atoms. The number of methoxy groups -OCH3 is 1. The lowest BCUT2D eigenvalue weighted by molar-refractivity contribution is -0.143. The molecule has 0 radical (unpaired) electrons. The van der Waals surface area contributed by atoms with Gasteiger partial charge in [-0.3, -0.25) is 4.79 Å². The van der Waals surface area contributed by atoms with Gasteiger partial charge < -0.3 is 15.2 Å². The second-order valence-corrected chi connectivity index (χ2v) is 4.63. The van der Waals surface area contributed by atoms with Gasteiger partial charge in [0.15, 0.2) is 0 Å². The van der Waals surface area contributed by atoms with E-state index >= 15 is 0 Å². The van der Waals surface area contributed by atoms with E-state index in [-0.39, 0.29) is 0 Å². The van der Waals surface area contributed by atoms with Gasteiger partial charge in [0, 0.05) is 5.56 Å². The maximum absolute atomic E-state index is 12.1. The highest BCUT2D eigenvalue weighted by molar-refractivity contribution is 5.98. The van der Waals surface area contributed by atoms with Crippen molar-refractivity contribution in [3.8, 4) is 5.75 Å². The summed E-state index contributed by atoms with van der Waals surface area (Å²) in [6.45, 7) is 5.07. The summed E-state index contributed by atoms with van der Waals surface area (Å²) in [5.41, 5.74) is 0.0220. The molecule has 1 amide bonds. The number of ether oxygens (including phenoxy) is 1. The zero-order chi connectivity index (χ0) is 14.6. The molecule has 104 valence electrons. The number of amides is 1. The molecule has 2 N–H and O–H groups in total. The average molecular weight is 265 g/mol. The second kappa shape index (κ2) is 5.73. The van der Waals surface area contributed by atoms with E-state index in [0.29, 0.717) is 17.7 Å². The molecule has 1 unspecified atom stereocenters. The van der Waals surface area contributed by atoms with E-state index in [1.807, 2.05) is 6.92 Å². The van der Waals surface area contributed by atoms with Gasteiger partial charge in [0.2, 0.25) is 0 Å². The highest BCUT2D eigenvalue weighted by atomic mass is 16.5. The van der Waals surface area contributed by atoms with E-state index in [1.165, 1.54) is 14.0 Å². The zero-order valence-corrected chi connectivity index (χ0v) is 11.6. The van der Waals surface area contributed by atoms with Crippen LogP contribution in [0.3, 0.4) is 0 Å². The van der Waals surface area contributed by atoms with Crippen LogP contribution in [0.15, 0.2) is 18.2 Å². The Morgan fingerprint density at radius 2 is 2.05 bits per heavy atom. The van der Waals surface area contributed by atoms with Gasteiger partial charge in [-0.25, -0.2) is 4.79 Å². The summed E-state index contributed by atoms with van der Waals surface area (Å²) in [7, 11) is 1.53. The van der Waals surface area contributed by atoms with E-state index in [1.54, 1.807) is 25.1 Å². The summed E-state index contributed by atoms with van der Waals surface area (Å²) in [6.07, 6.45) is 0.303. The van der Waals surface area contributed by atoms with Crippen molar-refractivity contribution >= 4 is 11.9 Å². The van der Waals surface area contributed by atoms with Gasteiger partial charge in [0.25, 0.3) is 5.91 Å². The number of carboxylic acids is 1. The Kier molecular flexibility index (Phi) is 4.53. The molecule has 0 spiro atoms. The molecule has 0 saturated carbocycles. The van der Waals surface area contributed by atoms with Gasteiger partial charge >= 0.3 is 5.97 Å². The number of rotatable bonds is 5. The van der Waals surface area contributed by atoms with Crippen LogP contribution in [0.1, 0.15) is 36.2 Å². The average Bonchev–Trinajstić information content (AvgIpc) is 2.38. The van der Waals surface area contributed by atoms with Crippen LogP contribution in [0, 0.1) is 6.92 Å². The molecule has 0 fully saturated rings. The molecule has 1 aromatic rings. The number of hydrogen-bond acceptors (Lipinski definition) is 3. The topological polar surface area (TPSA) is 75.6 Å². The van der Waals surface area contributed by atoms with Gasteiger partial charge in [-0.15, -0.1) is 0 Å². The van der Waals surface area contributed by atoms with Gasteiger partial charge in [-0.1, -0.05) is 13.0 Å². The second-order valence-electron chi connectivity index (χ2n) is 4.63. The van der Waals surface area contributed by atoms with Crippen LogP contribution in [0.2, 0.25) is 0 Å². The van der Waals surface area contributed by atoms with Crippen LogP contribution in [-0.2, 0) is 4.79 Å². The molecular formula is C14H19NO4. The third-order valence-electron chi connectivity index (χ3n) is 3.24. The molecule has 1 aromatic carbocycles. The first-order valence-corrected chi connectivity index (χ1v) is 6.04. The number of aryl methyl sites for hydroxylation is 1. The smallest absolute Gasteiger partial charge is 0.329 e. The van der Waals surface area contributed by atoms with E-state index in [2.05, 4.69) is 5.32 Å². The predicted octanol–water partition coefficient (Wildman–Crippen LogP) is 1.99. The van der Waals surface area contributed by atoms with Crippen molar-refractivity contribution in [2.24, 2.45) is 0 Å². The molecular weight excluding hydrogens is 246 g/mol. The monoisotopic (exact) mass is 265 g/mol. The summed E-state index contributed by atoms with van der Waals surface area (Å²) in [5.74, 6) is -0.881. The molecule has 0 aromatic heterocycles. The molecule has 1 atom stereocenters. The van der Waals surface area contributed by atoms with E-state index in [0.717, 1.165) is 5.56 Å². The van der Waals surface area contributed by atoms with Gasteiger partial charge in [-0.05, 0) is 38.0 Å². The Morgan fingerprint density at radius 3 is 2.53 bits per heavy atom. The number of carboxylic acid groups (broad SMARTS) is 1. The highest BCUT2D eigenvalue weighted by Crippen LogP contribution is 2.20. The largest absolute Gasteiger partial charge is 0.496 e. The molecule has 0 aliphatic carbocycles. The Hall–Kier alpha value is -2.04. The third-order valence-corrected chi connectivity index (χ3v) is 3.24. The molecule has 0 heterocycles. The van der Waals surface area contributed by atoms with E-state index < -0.39 is 17.4 Å². The van der Waals surface area contributed by atoms with E-state index in [4.69, 9.17) is 9.84 Å². The summed E-state index contributed by atoms with van der Waals surface area (Å²) in [4.78, 5) is 23.2. The van der Waals surface area contributed by atoms with Crippen molar-refractivity contribution in [2.75, 3.05) is 7.11 Å². The number of carbonyl (C=O) groups excluding carboxylic acids is 1. The summed E-state index contributed by atoms with van der Waals surface area (Å²) >= 11 is 0. The molecule has 0 aliphatic heterocycles. The lowest BCUT2D eigenvalue weighted by Gasteiger charge is -2.24. The van der Waals surface area contributed by atoms with Crippen LogP contribution in [-0.4, -0.2) is 29.6 Å². The predicted molar refractivity (Wildman–Crippen MR) is 71.5 cm³/mol. The molecule has 0 saturated heterocycles. The Bertz CT molecular complexity index is 498.